The van der Waals surface area contributed by atoms with Crippen molar-refractivity contribution < 1.29 is 0 Å². The summed E-state index contributed by atoms with van der Waals surface area (Å²) in [5.74, 6) is 1.24. The average Bonchev–Trinajstić information content (AvgIpc) is 3.34. The molecule has 2 heterocycles. The number of fused-ring (bicyclic) bond motifs is 1. The molecule has 0 spiro atoms. The lowest BCUT2D eigenvalue weighted by molar-refractivity contribution is 0.313. The van der Waals surface area contributed by atoms with Gasteiger partial charge in [0, 0.05) is 67.4 Å². The lowest BCUT2D eigenvalue weighted by Gasteiger charge is -2.34. The normalized spacial score (nSPS) is 17.8. The molecule has 0 atom stereocenters. The van der Waals surface area contributed by atoms with Crippen molar-refractivity contribution in [3.8, 4) is 0 Å². The van der Waals surface area contributed by atoms with Crippen molar-refractivity contribution in [2.24, 2.45) is 0 Å². The Morgan fingerprint density at radius 1 is 1.00 bits per heavy atom. The van der Waals surface area contributed by atoms with Gasteiger partial charge in [-0.2, -0.15) is 0 Å². The summed E-state index contributed by atoms with van der Waals surface area (Å²) in [4.78, 5) is 14.5. The van der Waals surface area contributed by atoms with Crippen LogP contribution in [0.15, 0.2) is 36.5 Å². The Balaban J connectivity index is 1.42. The van der Waals surface area contributed by atoms with Crippen LogP contribution in [0.2, 0.25) is 0 Å². The minimum atomic E-state index is 0.575. The summed E-state index contributed by atoms with van der Waals surface area (Å²) >= 11 is 0. The molecule has 2 N–H and O–H groups in total. The van der Waals surface area contributed by atoms with Crippen molar-refractivity contribution in [2.75, 3.05) is 55.8 Å². The second-order valence-corrected chi connectivity index (χ2v) is 9.30. The van der Waals surface area contributed by atoms with Crippen molar-refractivity contribution in [3.63, 3.8) is 0 Å². The minimum Gasteiger partial charge on any atom is -0.388 e. The predicted molar refractivity (Wildman–Crippen MR) is 134 cm³/mol. The largest absolute Gasteiger partial charge is 0.388 e. The SMILES string of the molecule is CNc1cc(C)c2cnc(Nc3ccc(N4CCN(C)CC4)cc3)nc2c1C1CCCC1. The van der Waals surface area contributed by atoms with E-state index in [9.17, 15) is 0 Å². The summed E-state index contributed by atoms with van der Waals surface area (Å²) in [5, 5.41) is 8.02. The van der Waals surface area contributed by atoms with Gasteiger partial charge in [-0.3, -0.25) is 0 Å². The van der Waals surface area contributed by atoms with Crippen molar-refractivity contribution in [2.45, 2.75) is 38.5 Å². The molecule has 1 saturated carbocycles. The quantitative estimate of drug-likeness (QED) is 0.585. The molecule has 1 aliphatic heterocycles. The maximum atomic E-state index is 5.03. The number of aromatic nitrogens is 2. The number of aryl methyl sites for hydroxylation is 1. The van der Waals surface area contributed by atoms with Crippen LogP contribution < -0.4 is 15.5 Å². The highest BCUT2D eigenvalue weighted by Gasteiger charge is 2.24. The van der Waals surface area contributed by atoms with Crippen LogP contribution in [0.5, 0.6) is 0 Å². The maximum absolute atomic E-state index is 5.03. The van der Waals surface area contributed by atoms with Crippen LogP contribution in [0, 0.1) is 6.92 Å². The van der Waals surface area contributed by atoms with Crippen LogP contribution in [0.3, 0.4) is 0 Å². The average molecular weight is 431 g/mol. The van der Waals surface area contributed by atoms with Crippen LogP contribution in [-0.2, 0) is 0 Å². The van der Waals surface area contributed by atoms with E-state index in [0.717, 1.165) is 42.8 Å². The molecule has 2 aromatic carbocycles. The van der Waals surface area contributed by atoms with Crippen molar-refractivity contribution >= 4 is 33.9 Å². The van der Waals surface area contributed by atoms with Gasteiger partial charge >= 0.3 is 0 Å². The summed E-state index contributed by atoms with van der Waals surface area (Å²) < 4.78 is 0. The van der Waals surface area contributed by atoms with Gasteiger partial charge in [0.2, 0.25) is 5.95 Å². The summed E-state index contributed by atoms with van der Waals surface area (Å²) in [6.07, 6.45) is 7.08. The molecule has 6 nitrogen and oxygen atoms in total. The van der Waals surface area contributed by atoms with E-state index in [2.05, 4.69) is 69.7 Å². The van der Waals surface area contributed by atoms with Gasteiger partial charge in [0.15, 0.2) is 0 Å². The van der Waals surface area contributed by atoms with Crippen molar-refractivity contribution in [3.05, 3.63) is 47.7 Å². The van der Waals surface area contributed by atoms with Gasteiger partial charge in [0.05, 0.1) is 5.52 Å². The van der Waals surface area contributed by atoms with Gasteiger partial charge in [-0.15, -0.1) is 0 Å². The Morgan fingerprint density at radius 2 is 1.72 bits per heavy atom. The smallest absolute Gasteiger partial charge is 0.227 e. The molecule has 3 aromatic rings. The summed E-state index contributed by atoms with van der Waals surface area (Å²) in [7, 11) is 4.20. The molecule has 2 fully saturated rings. The molecular formula is C26H34N6. The van der Waals surface area contributed by atoms with E-state index >= 15 is 0 Å². The second kappa shape index (κ2) is 8.94. The van der Waals surface area contributed by atoms with E-state index in [1.165, 1.54) is 48.2 Å². The Morgan fingerprint density at radius 3 is 2.41 bits per heavy atom. The fraction of sp³-hybridized carbons (Fsp3) is 0.462. The summed E-state index contributed by atoms with van der Waals surface area (Å²) in [6, 6.07) is 10.9. The molecule has 0 amide bonds. The van der Waals surface area contributed by atoms with Crippen LogP contribution in [-0.4, -0.2) is 55.1 Å². The minimum absolute atomic E-state index is 0.575. The number of nitrogens with one attached hydrogen (secondary N) is 2. The first kappa shape index (κ1) is 21.0. The zero-order valence-electron chi connectivity index (χ0n) is 19.5. The van der Waals surface area contributed by atoms with E-state index in [0.29, 0.717) is 11.9 Å². The molecule has 0 bridgehead atoms. The highest BCUT2D eigenvalue weighted by atomic mass is 15.2. The number of likely N-dealkylation sites (N-methyl/N-ethyl adjacent to an activating group) is 1. The highest BCUT2D eigenvalue weighted by Crippen LogP contribution is 2.42. The van der Waals surface area contributed by atoms with E-state index in [1.807, 2.05) is 13.2 Å². The Bertz CT molecular complexity index is 1080. The number of piperazine rings is 1. The van der Waals surface area contributed by atoms with E-state index < -0.39 is 0 Å². The van der Waals surface area contributed by atoms with Crippen LogP contribution in [0.1, 0.15) is 42.7 Å². The molecule has 1 aromatic heterocycles. The lowest BCUT2D eigenvalue weighted by Crippen LogP contribution is -2.44. The van der Waals surface area contributed by atoms with E-state index in [-0.39, 0.29) is 0 Å². The third-order valence-electron chi connectivity index (χ3n) is 7.14. The summed E-state index contributed by atoms with van der Waals surface area (Å²) in [5.41, 5.74) is 7.18. The molecule has 6 heteroatoms. The molecule has 32 heavy (non-hydrogen) atoms. The first-order valence-corrected chi connectivity index (χ1v) is 11.9. The van der Waals surface area contributed by atoms with Crippen LogP contribution in [0.25, 0.3) is 10.9 Å². The third kappa shape index (κ3) is 4.11. The number of hydrogen-bond acceptors (Lipinski definition) is 6. The first-order valence-electron chi connectivity index (χ1n) is 11.9. The Hall–Kier alpha value is -2.86. The third-order valence-corrected chi connectivity index (χ3v) is 7.14. The topological polar surface area (TPSA) is 56.3 Å². The van der Waals surface area contributed by atoms with Gasteiger partial charge < -0.3 is 20.4 Å². The van der Waals surface area contributed by atoms with Gasteiger partial charge in [-0.05, 0) is 68.6 Å². The fourth-order valence-corrected chi connectivity index (χ4v) is 5.22. The molecule has 168 valence electrons. The van der Waals surface area contributed by atoms with Gasteiger partial charge in [0.1, 0.15) is 0 Å². The number of rotatable bonds is 5. The molecule has 0 radical (unpaired) electrons. The predicted octanol–water partition coefficient (Wildman–Crippen LogP) is 5.13. The summed E-state index contributed by atoms with van der Waals surface area (Å²) in [6.45, 7) is 6.53. The second-order valence-electron chi connectivity index (χ2n) is 9.30. The lowest BCUT2D eigenvalue weighted by atomic mass is 9.91. The molecule has 1 saturated heterocycles. The standard InChI is InChI=1S/C26H34N6/c1-18-16-23(27-2)24(19-6-4-5-7-19)25-22(18)17-28-26(30-25)29-20-8-10-21(11-9-20)32-14-12-31(3)13-15-32/h8-11,16-17,19,27H,4-7,12-15H2,1-3H3,(H,28,29,30). The number of hydrogen-bond donors (Lipinski definition) is 2. The highest BCUT2D eigenvalue weighted by molar-refractivity contribution is 5.90. The first-order chi connectivity index (χ1) is 15.6. The Labute approximate surface area is 191 Å². The fourth-order valence-electron chi connectivity index (χ4n) is 5.22. The number of benzene rings is 2. The van der Waals surface area contributed by atoms with Gasteiger partial charge in [0.25, 0.3) is 0 Å². The Kier molecular flexibility index (Phi) is 5.87. The van der Waals surface area contributed by atoms with Gasteiger partial charge in [-0.1, -0.05) is 12.8 Å². The molecular weight excluding hydrogens is 396 g/mol. The van der Waals surface area contributed by atoms with E-state index in [4.69, 9.17) is 4.98 Å². The molecule has 2 aliphatic rings. The molecule has 0 unspecified atom stereocenters. The van der Waals surface area contributed by atoms with Crippen LogP contribution in [0.4, 0.5) is 23.0 Å². The monoisotopic (exact) mass is 430 g/mol. The number of nitrogens with zero attached hydrogens (tertiary/aromatic N) is 4. The van der Waals surface area contributed by atoms with E-state index in [1.54, 1.807) is 0 Å². The zero-order chi connectivity index (χ0) is 22.1. The van der Waals surface area contributed by atoms with Gasteiger partial charge in [-0.25, -0.2) is 9.97 Å². The molecule has 5 rings (SSSR count). The zero-order valence-corrected chi connectivity index (χ0v) is 19.5. The van der Waals surface area contributed by atoms with Crippen molar-refractivity contribution in [1.82, 2.24) is 14.9 Å². The molecule has 1 aliphatic carbocycles. The van der Waals surface area contributed by atoms with Crippen LogP contribution >= 0.6 is 0 Å². The van der Waals surface area contributed by atoms with Crippen molar-refractivity contribution in [1.29, 1.82) is 0 Å². The maximum Gasteiger partial charge on any atom is 0.227 e. The number of anilines is 4.